The normalized spacial score (nSPS) is 15.6. The Kier molecular flexibility index (Phi) is 5.47. The molecule has 0 saturated carbocycles. The van der Waals surface area contributed by atoms with Crippen molar-refractivity contribution in [2.75, 3.05) is 10.2 Å². The molecule has 9 nitrogen and oxygen atoms in total. The molecule has 178 valence electrons. The van der Waals surface area contributed by atoms with Gasteiger partial charge in [0.25, 0.3) is 5.56 Å². The van der Waals surface area contributed by atoms with E-state index in [1.54, 1.807) is 54.3 Å². The van der Waals surface area contributed by atoms with Crippen LogP contribution in [-0.4, -0.2) is 41.8 Å². The minimum atomic E-state index is -1.08. The van der Waals surface area contributed by atoms with E-state index in [2.05, 4.69) is 22.1 Å². The predicted octanol–water partition coefficient (Wildman–Crippen LogP) is 3.47. The minimum Gasteiger partial charge on any atom is -0.322 e. The van der Waals surface area contributed by atoms with Crippen LogP contribution < -0.4 is 15.8 Å². The van der Waals surface area contributed by atoms with E-state index >= 15 is 0 Å². The van der Waals surface area contributed by atoms with Crippen LogP contribution in [0.1, 0.15) is 20.8 Å². The number of aromatic nitrogens is 4. The molecule has 1 aliphatic rings. The molecule has 0 fully saturated rings. The summed E-state index contributed by atoms with van der Waals surface area (Å²) in [7, 11) is 0. The minimum absolute atomic E-state index is 0.182. The Morgan fingerprint density at radius 3 is 2.63 bits per heavy atom. The van der Waals surface area contributed by atoms with Crippen LogP contribution in [0.4, 0.5) is 11.4 Å². The summed E-state index contributed by atoms with van der Waals surface area (Å²) in [6, 6.07) is 14.5. The third-order valence-corrected chi connectivity index (χ3v) is 7.18. The fraction of sp³-hybridized carbons (Fsp3) is 0.240. The highest BCUT2D eigenvalue weighted by atomic mass is 32.2. The zero-order valence-corrected chi connectivity index (χ0v) is 20.4. The van der Waals surface area contributed by atoms with E-state index < -0.39 is 10.8 Å². The molecule has 1 aliphatic heterocycles. The Hall–Kier alpha value is -3.92. The number of benzene rings is 2. The topological polar surface area (TPSA) is 102 Å². The number of hydrogen-bond acceptors (Lipinski definition) is 6. The van der Waals surface area contributed by atoms with Crippen LogP contribution in [0.5, 0.6) is 0 Å². The second kappa shape index (κ2) is 8.38. The molecule has 1 N–H and O–H groups in total. The number of allylic oxidation sites excluding steroid dienone is 1. The van der Waals surface area contributed by atoms with Gasteiger partial charge in [-0.15, -0.1) is 16.8 Å². The summed E-state index contributed by atoms with van der Waals surface area (Å²) in [5.41, 5.74) is 0.632. The summed E-state index contributed by atoms with van der Waals surface area (Å²) in [5, 5.41) is 11.9. The van der Waals surface area contributed by atoms with Crippen molar-refractivity contribution in [1.82, 2.24) is 19.2 Å². The first-order chi connectivity index (χ1) is 16.8. The number of fused-ring (bicyclic) bond motifs is 4. The number of nitrogens with zero attached hydrogens (tertiary/aromatic N) is 5. The monoisotopic (exact) mass is 488 g/mol. The molecule has 0 bridgehead atoms. The molecule has 10 heteroatoms. The lowest BCUT2D eigenvalue weighted by Crippen LogP contribution is -2.60. The van der Waals surface area contributed by atoms with Gasteiger partial charge in [0.15, 0.2) is 5.16 Å². The van der Waals surface area contributed by atoms with Gasteiger partial charge in [-0.25, -0.2) is 0 Å². The molecule has 2 amide bonds. The van der Waals surface area contributed by atoms with Crippen molar-refractivity contribution in [1.29, 1.82) is 0 Å². The second-order valence-electron chi connectivity index (χ2n) is 8.80. The Labute approximate surface area is 205 Å². The van der Waals surface area contributed by atoms with Crippen molar-refractivity contribution in [3.8, 4) is 0 Å². The molecule has 1 unspecified atom stereocenters. The Bertz CT molecular complexity index is 1570. The molecule has 0 aliphatic carbocycles. The Morgan fingerprint density at radius 1 is 1.14 bits per heavy atom. The molecule has 35 heavy (non-hydrogen) atoms. The van der Waals surface area contributed by atoms with Crippen molar-refractivity contribution in [3.05, 3.63) is 71.5 Å². The molecule has 5 rings (SSSR count). The Balaban J connectivity index is 1.59. The van der Waals surface area contributed by atoms with Crippen LogP contribution in [0.2, 0.25) is 0 Å². The number of nitrogens with one attached hydrogen (secondary N) is 1. The first-order valence-electron chi connectivity index (χ1n) is 11.1. The zero-order chi connectivity index (χ0) is 24.9. The lowest BCUT2D eigenvalue weighted by atomic mass is 9.96. The van der Waals surface area contributed by atoms with Crippen LogP contribution in [0, 0.1) is 0 Å². The van der Waals surface area contributed by atoms with Crippen LogP contribution in [0.15, 0.2) is 71.1 Å². The first-order valence-corrected chi connectivity index (χ1v) is 12.0. The van der Waals surface area contributed by atoms with Crippen molar-refractivity contribution in [2.24, 2.45) is 0 Å². The van der Waals surface area contributed by atoms with Crippen molar-refractivity contribution >= 4 is 51.6 Å². The highest BCUT2D eigenvalue weighted by molar-refractivity contribution is 8.00. The van der Waals surface area contributed by atoms with Crippen molar-refractivity contribution in [3.63, 3.8) is 0 Å². The SMILES string of the molecule is C=CCn1c(=O)c2ccccc2n2c(SC(C)C(=O)N3c4ccccc4NC(=O)C3(C)C)nnc12. The van der Waals surface area contributed by atoms with Gasteiger partial charge in [-0.2, -0.15) is 0 Å². The molecular weight excluding hydrogens is 464 g/mol. The van der Waals surface area contributed by atoms with Gasteiger partial charge in [0, 0.05) is 6.54 Å². The molecule has 0 radical (unpaired) electrons. The molecule has 1 atom stereocenters. The van der Waals surface area contributed by atoms with E-state index in [4.69, 9.17) is 0 Å². The van der Waals surface area contributed by atoms with Crippen LogP contribution in [0.25, 0.3) is 16.7 Å². The zero-order valence-electron chi connectivity index (χ0n) is 19.6. The molecular formula is C25H24N6O3S. The number of hydrogen-bond donors (Lipinski definition) is 1. The fourth-order valence-electron chi connectivity index (χ4n) is 4.34. The number of anilines is 2. The van der Waals surface area contributed by atoms with Crippen LogP contribution in [-0.2, 0) is 16.1 Å². The highest BCUT2D eigenvalue weighted by Gasteiger charge is 2.45. The molecule has 3 heterocycles. The summed E-state index contributed by atoms with van der Waals surface area (Å²) in [6.45, 7) is 9.25. The third kappa shape index (κ3) is 3.52. The largest absolute Gasteiger partial charge is 0.322 e. The van der Waals surface area contributed by atoms with Gasteiger partial charge in [0.05, 0.1) is 27.5 Å². The number of rotatable bonds is 5. The molecule has 2 aromatic heterocycles. The van der Waals surface area contributed by atoms with E-state index in [-0.39, 0.29) is 23.9 Å². The molecule has 4 aromatic rings. The summed E-state index contributed by atoms with van der Waals surface area (Å²) in [4.78, 5) is 41.2. The maximum Gasteiger partial charge on any atom is 0.263 e. The third-order valence-electron chi connectivity index (χ3n) is 6.15. The summed E-state index contributed by atoms with van der Waals surface area (Å²) in [6.07, 6.45) is 1.63. The van der Waals surface area contributed by atoms with Crippen molar-refractivity contribution < 1.29 is 9.59 Å². The summed E-state index contributed by atoms with van der Waals surface area (Å²) >= 11 is 1.23. The molecule has 0 spiro atoms. The van der Waals surface area contributed by atoms with Gasteiger partial charge in [0.2, 0.25) is 17.6 Å². The summed E-state index contributed by atoms with van der Waals surface area (Å²) < 4.78 is 3.30. The lowest BCUT2D eigenvalue weighted by molar-refractivity contribution is -0.126. The first kappa shape index (κ1) is 22.9. The second-order valence-corrected chi connectivity index (χ2v) is 10.1. The average molecular weight is 489 g/mol. The van der Waals surface area contributed by atoms with Gasteiger partial charge in [0.1, 0.15) is 5.54 Å². The maximum absolute atomic E-state index is 13.8. The van der Waals surface area contributed by atoms with Gasteiger partial charge < -0.3 is 5.32 Å². The van der Waals surface area contributed by atoms with E-state index in [1.807, 2.05) is 30.3 Å². The van der Waals surface area contributed by atoms with E-state index in [0.717, 1.165) is 0 Å². The number of amides is 2. The van der Waals surface area contributed by atoms with Gasteiger partial charge >= 0.3 is 0 Å². The van der Waals surface area contributed by atoms with Gasteiger partial charge in [-0.3, -0.25) is 28.3 Å². The van der Waals surface area contributed by atoms with Gasteiger partial charge in [-0.1, -0.05) is 42.1 Å². The highest BCUT2D eigenvalue weighted by Crippen LogP contribution is 2.38. The van der Waals surface area contributed by atoms with E-state index in [9.17, 15) is 14.4 Å². The molecule has 0 saturated heterocycles. The van der Waals surface area contributed by atoms with E-state index in [0.29, 0.717) is 33.2 Å². The molecule has 2 aromatic carbocycles. The lowest BCUT2D eigenvalue weighted by Gasteiger charge is -2.43. The van der Waals surface area contributed by atoms with E-state index in [1.165, 1.54) is 16.3 Å². The smallest absolute Gasteiger partial charge is 0.263 e. The Morgan fingerprint density at radius 2 is 1.86 bits per heavy atom. The van der Waals surface area contributed by atoms with Gasteiger partial charge in [-0.05, 0) is 45.0 Å². The average Bonchev–Trinajstić information content (AvgIpc) is 3.25. The number of thioether (sulfide) groups is 1. The standard InChI is InChI=1S/C25H24N6O3S/c1-5-14-29-21(33)16-10-6-8-12-18(16)30-23(29)27-28-24(30)35-15(2)20(32)31-19-13-9-7-11-17(19)26-22(34)25(31,3)4/h5-13,15H,1,14H2,2-4H3,(H,26,34). The maximum atomic E-state index is 13.8. The van der Waals surface area contributed by atoms with Crippen molar-refractivity contribution in [2.45, 2.75) is 43.3 Å². The number of carbonyl (C=O) groups excluding carboxylic acids is 2. The number of carbonyl (C=O) groups is 2. The number of para-hydroxylation sites is 3. The van der Waals surface area contributed by atoms with Crippen LogP contribution in [0.3, 0.4) is 0 Å². The summed E-state index contributed by atoms with van der Waals surface area (Å²) in [5.74, 6) is -0.115. The fourth-order valence-corrected chi connectivity index (χ4v) is 5.24. The quantitative estimate of drug-likeness (QED) is 0.341. The predicted molar refractivity (Wildman–Crippen MR) is 137 cm³/mol. The van der Waals surface area contributed by atoms with Crippen LogP contribution >= 0.6 is 11.8 Å².